The summed E-state index contributed by atoms with van der Waals surface area (Å²) in [5.74, 6) is 6.10. The average molecular weight is 808 g/mol. The molecule has 0 spiro atoms. The molecule has 4 fully saturated rings. The molecule has 2 saturated heterocycles. The number of imide groups is 1. The van der Waals surface area contributed by atoms with Crippen LogP contribution in [-0.4, -0.2) is 100 Å². The predicted molar refractivity (Wildman–Crippen MR) is 214 cm³/mol. The number of piperidine rings is 1. The topological polar surface area (TPSA) is 157 Å². The van der Waals surface area contributed by atoms with Gasteiger partial charge in [-0.25, -0.2) is 23.1 Å². The summed E-state index contributed by atoms with van der Waals surface area (Å²) in [6, 6.07) is 6.67. The molecule has 2 N–H and O–H groups in total. The maximum absolute atomic E-state index is 14.2. The van der Waals surface area contributed by atoms with Gasteiger partial charge in [0, 0.05) is 70.2 Å². The van der Waals surface area contributed by atoms with Crippen LogP contribution in [0, 0.1) is 17.8 Å². The number of benzene rings is 1. The van der Waals surface area contributed by atoms with E-state index in [4.69, 9.17) is 4.98 Å². The van der Waals surface area contributed by atoms with Gasteiger partial charge in [0.25, 0.3) is 12.3 Å². The molecule has 9 rings (SSSR count). The predicted octanol–water partition coefficient (Wildman–Crippen LogP) is 4.41. The van der Waals surface area contributed by atoms with Crippen LogP contribution in [0.4, 0.5) is 14.5 Å². The lowest BCUT2D eigenvalue weighted by atomic mass is 9.83. The summed E-state index contributed by atoms with van der Waals surface area (Å²) < 4.78 is 34.5. The molecule has 2 saturated carbocycles. The van der Waals surface area contributed by atoms with E-state index < -0.39 is 30.0 Å². The van der Waals surface area contributed by atoms with Gasteiger partial charge in [-0.1, -0.05) is 24.3 Å². The highest BCUT2D eigenvalue weighted by molar-refractivity contribution is 6.08. The van der Waals surface area contributed by atoms with Crippen molar-refractivity contribution in [2.75, 3.05) is 44.6 Å². The summed E-state index contributed by atoms with van der Waals surface area (Å²) in [6.45, 7) is 5.16. The molecule has 0 radical (unpaired) electrons. The molecule has 1 atom stereocenters. The van der Waals surface area contributed by atoms with Crippen LogP contribution >= 0.6 is 0 Å². The highest BCUT2D eigenvalue weighted by Crippen LogP contribution is 2.37. The fourth-order valence-corrected chi connectivity index (χ4v) is 9.12. The van der Waals surface area contributed by atoms with Gasteiger partial charge < -0.3 is 10.2 Å². The summed E-state index contributed by atoms with van der Waals surface area (Å²) in [6.07, 6.45) is 9.19. The number of hydrogen-bond acceptors (Lipinski definition) is 9. The second kappa shape index (κ2) is 16.1. The molecule has 308 valence electrons. The number of aromatic nitrogens is 7. The summed E-state index contributed by atoms with van der Waals surface area (Å²) in [5, 5.41) is 13.6. The van der Waals surface area contributed by atoms with Crippen molar-refractivity contribution in [3.8, 4) is 11.8 Å². The van der Waals surface area contributed by atoms with E-state index in [0.717, 1.165) is 83.4 Å². The molecule has 17 heteroatoms. The minimum absolute atomic E-state index is 0.00993. The standard InChI is InChI=1S/C42H47F2N11O4/c1-50-37-28(7-3-9-33(37)55(42(50)59)34-14-15-35(56)48-41(34)58)8-4-17-51-19-21-52(22-20-51)24-26-10-12-29(13-11-26)54-25-32(36(49-54)38(43)44)47-40(57)30-23-45-53-18-16-31(46-39(30)53)27-5-2-6-27/h3,7,9,16,18,23,25-27,29,34,38H,2,5-6,10-15,17,19-22,24H2,1H3,(H,47,57)(H,48,56,58)/t26-,29-,34?. The minimum atomic E-state index is -2.84. The van der Waals surface area contributed by atoms with Gasteiger partial charge in [0.1, 0.15) is 11.6 Å². The second-order valence-corrected chi connectivity index (χ2v) is 16.4. The van der Waals surface area contributed by atoms with Crippen LogP contribution in [0.2, 0.25) is 0 Å². The minimum Gasteiger partial charge on any atom is -0.319 e. The van der Waals surface area contributed by atoms with Crippen LogP contribution < -0.4 is 16.3 Å². The van der Waals surface area contributed by atoms with E-state index in [1.807, 2.05) is 24.3 Å². The molecule has 5 aromatic rings. The van der Waals surface area contributed by atoms with E-state index in [-0.39, 0.29) is 41.7 Å². The summed E-state index contributed by atoms with van der Waals surface area (Å²) in [5.41, 5.74) is 2.81. The third-order valence-electron chi connectivity index (χ3n) is 12.7. The van der Waals surface area contributed by atoms with Gasteiger partial charge in [-0.15, -0.1) is 0 Å². The number of aryl methyl sites for hydroxylation is 1. The van der Waals surface area contributed by atoms with Crippen LogP contribution in [0.1, 0.15) is 110 Å². The average Bonchev–Trinajstić information content (AvgIpc) is 3.90. The number of rotatable bonds is 9. The first kappa shape index (κ1) is 38.8. The lowest BCUT2D eigenvalue weighted by Crippen LogP contribution is -2.48. The maximum atomic E-state index is 14.2. The van der Waals surface area contributed by atoms with Crippen molar-refractivity contribution in [3.05, 3.63) is 75.9 Å². The highest BCUT2D eigenvalue weighted by atomic mass is 19.3. The van der Waals surface area contributed by atoms with Crippen LogP contribution in [0.3, 0.4) is 0 Å². The molecule has 0 bridgehead atoms. The van der Waals surface area contributed by atoms with Gasteiger partial charge in [-0.05, 0) is 69.1 Å². The zero-order chi connectivity index (χ0) is 40.8. The number of imidazole rings is 1. The van der Waals surface area contributed by atoms with E-state index in [0.29, 0.717) is 40.6 Å². The van der Waals surface area contributed by atoms with Gasteiger partial charge in [0.15, 0.2) is 11.3 Å². The highest BCUT2D eigenvalue weighted by Gasteiger charge is 2.32. The van der Waals surface area contributed by atoms with Crippen LogP contribution in [-0.2, 0) is 16.6 Å². The Morgan fingerprint density at radius 3 is 2.51 bits per heavy atom. The van der Waals surface area contributed by atoms with Gasteiger partial charge in [-0.2, -0.15) is 10.2 Å². The molecule has 4 aromatic heterocycles. The number of alkyl halides is 2. The number of halogens is 2. The summed E-state index contributed by atoms with van der Waals surface area (Å²) in [4.78, 5) is 60.4. The third-order valence-corrected chi connectivity index (χ3v) is 12.7. The SMILES string of the molecule is Cn1c(=O)n(C2CCC(=O)NC2=O)c2cccc(C#CCN3CCN(C[C@H]4CC[C@H](n5cc(NC(=O)c6cnn7ccc(C8CCC8)nc67)c(C(F)F)n5)CC4)CC3)c21. The lowest BCUT2D eigenvalue weighted by molar-refractivity contribution is -0.135. The fraction of sp³-hybridized carbons (Fsp3) is 0.500. The Kier molecular flexibility index (Phi) is 10.6. The Balaban J connectivity index is 0.768. The number of carbonyl (C=O) groups excluding carboxylic acids is 3. The normalized spacial score (nSPS) is 22.1. The van der Waals surface area contributed by atoms with E-state index >= 15 is 0 Å². The first-order chi connectivity index (χ1) is 28.6. The number of para-hydroxylation sites is 1. The number of hydrogen-bond donors (Lipinski definition) is 2. The van der Waals surface area contributed by atoms with Crippen molar-refractivity contribution in [2.24, 2.45) is 13.0 Å². The number of carbonyl (C=O) groups is 3. The van der Waals surface area contributed by atoms with Gasteiger partial charge in [-0.3, -0.25) is 38.4 Å². The molecule has 1 unspecified atom stereocenters. The largest absolute Gasteiger partial charge is 0.329 e. The van der Waals surface area contributed by atoms with Gasteiger partial charge >= 0.3 is 5.69 Å². The molecule has 4 aliphatic rings. The molecule has 15 nitrogen and oxygen atoms in total. The number of amides is 3. The Bertz CT molecular complexity index is 2540. The number of nitrogens with one attached hydrogen (secondary N) is 2. The number of anilines is 1. The molecular weight excluding hydrogens is 761 g/mol. The Labute approximate surface area is 338 Å². The molecule has 59 heavy (non-hydrogen) atoms. The van der Waals surface area contributed by atoms with Crippen molar-refractivity contribution >= 4 is 40.1 Å². The van der Waals surface area contributed by atoms with E-state index in [2.05, 4.69) is 42.5 Å². The van der Waals surface area contributed by atoms with E-state index in [9.17, 15) is 28.0 Å². The van der Waals surface area contributed by atoms with Crippen LogP contribution in [0.25, 0.3) is 16.7 Å². The Hall–Kier alpha value is -5.73. The summed E-state index contributed by atoms with van der Waals surface area (Å²) in [7, 11) is 1.68. The van der Waals surface area contributed by atoms with Crippen LogP contribution in [0.5, 0.6) is 0 Å². The fourth-order valence-electron chi connectivity index (χ4n) is 9.12. The Morgan fingerprint density at radius 2 is 1.78 bits per heavy atom. The van der Waals surface area contributed by atoms with Crippen molar-refractivity contribution < 1.29 is 23.2 Å². The Morgan fingerprint density at radius 1 is 1.00 bits per heavy atom. The van der Waals surface area contributed by atoms with E-state index in [1.165, 1.54) is 19.8 Å². The van der Waals surface area contributed by atoms with Crippen molar-refractivity contribution in [1.29, 1.82) is 0 Å². The zero-order valence-electron chi connectivity index (χ0n) is 32.9. The van der Waals surface area contributed by atoms with Crippen molar-refractivity contribution in [2.45, 2.75) is 82.2 Å². The maximum Gasteiger partial charge on any atom is 0.329 e. The van der Waals surface area contributed by atoms with Gasteiger partial charge in [0.05, 0.1) is 41.1 Å². The number of piperazine rings is 1. The first-order valence-electron chi connectivity index (χ1n) is 20.6. The van der Waals surface area contributed by atoms with Crippen LogP contribution in [0.15, 0.2) is 47.7 Å². The second-order valence-electron chi connectivity index (χ2n) is 16.4. The molecule has 3 amide bonds. The van der Waals surface area contributed by atoms with Crippen molar-refractivity contribution in [3.63, 3.8) is 0 Å². The molecule has 6 heterocycles. The molecule has 1 aromatic carbocycles. The third kappa shape index (κ3) is 7.67. The van der Waals surface area contributed by atoms with Gasteiger partial charge in [0.2, 0.25) is 11.8 Å². The smallest absolute Gasteiger partial charge is 0.319 e. The first-order valence-corrected chi connectivity index (χ1v) is 20.6. The van der Waals surface area contributed by atoms with Crippen molar-refractivity contribution in [1.82, 2.24) is 48.6 Å². The lowest BCUT2D eigenvalue weighted by Gasteiger charge is -2.37. The van der Waals surface area contributed by atoms with E-state index in [1.54, 1.807) is 24.1 Å². The molecular formula is C42H47F2N11O4. The molecule has 2 aliphatic carbocycles. The quantitative estimate of drug-likeness (QED) is 0.163. The zero-order valence-corrected chi connectivity index (χ0v) is 32.9. The number of fused-ring (bicyclic) bond motifs is 2. The monoisotopic (exact) mass is 807 g/mol. The number of nitrogens with zero attached hydrogens (tertiary/aromatic N) is 9. The summed E-state index contributed by atoms with van der Waals surface area (Å²) >= 11 is 0. The molecule has 2 aliphatic heterocycles.